The second kappa shape index (κ2) is 7.65. The molecule has 2 aromatic heterocycles. The summed E-state index contributed by atoms with van der Waals surface area (Å²) in [5.41, 5.74) is 2.41. The van der Waals surface area contributed by atoms with Crippen LogP contribution in [-0.2, 0) is 17.9 Å². The molecule has 0 spiro atoms. The van der Waals surface area contributed by atoms with E-state index in [1.807, 2.05) is 18.4 Å². The van der Waals surface area contributed by atoms with E-state index in [1.54, 1.807) is 11.8 Å². The van der Waals surface area contributed by atoms with Crippen molar-refractivity contribution in [2.45, 2.75) is 30.1 Å². The molecule has 0 saturated carbocycles. The standard InChI is InChI=1S/C15H16N4O2S2/c1-10-5-3-4-6-11(10)7-13-16-12(19-21-13)8-23-15-18-17-14(20-15)9-22-2/h3-6H,7-9H2,1-2H3. The van der Waals surface area contributed by atoms with Crippen molar-refractivity contribution in [1.82, 2.24) is 20.3 Å². The van der Waals surface area contributed by atoms with Crippen molar-refractivity contribution in [1.29, 1.82) is 0 Å². The van der Waals surface area contributed by atoms with E-state index in [9.17, 15) is 0 Å². The average Bonchev–Trinajstić information content (AvgIpc) is 3.17. The number of thioether (sulfide) groups is 2. The minimum atomic E-state index is 0.527. The predicted molar refractivity (Wildman–Crippen MR) is 89.4 cm³/mol. The predicted octanol–water partition coefficient (Wildman–Crippen LogP) is 3.51. The number of nitrogens with zero attached hydrogens (tertiary/aromatic N) is 4. The van der Waals surface area contributed by atoms with E-state index in [2.05, 4.69) is 39.4 Å². The molecule has 0 atom stereocenters. The smallest absolute Gasteiger partial charge is 0.277 e. The fourth-order valence-electron chi connectivity index (χ4n) is 2.00. The lowest BCUT2D eigenvalue weighted by Gasteiger charge is -2.00. The van der Waals surface area contributed by atoms with Crippen molar-refractivity contribution in [3.8, 4) is 0 Å². The molecular weight excluding hydrogens is 332 g/mol. The van der Waals surface area contributed by atoms with E-state index in [0.29, 0.717) is 35.0 Å². The Bertz CT molecular complexity index is 772. The number of hydrogen-bond acceptors (Lipinski definition) is 8. The van der Waals surface area contributed by atoms with Crippen LogP contribution in [0.15, 0.2) is 38.4 Å². The Morgan fingerprint density at radius 3 is 2.78 bits per heavy atom. The molecule has 120 valence electrons. The summed E-state index contributed by atoms with van der Waals surface area (Å²) < 4.78 is 10.8. The molecule has 3 aromatic rings. The van der Waals surface area contributed by atoms with Gasteiger partial charge in [0.05, 0.1) is 17.9 Å². The van der Waals surface area contributed by atoms with Gasteiger partial charge in [0.15, 0.2) is 5.82 Å². The van der Waals surface area contributed by atoms with Gasteiger partial charge in [-0.25, -0.2) is 0 Å². The summed E-state index contributed by atoms with van der Waals surface area (Å²) in [5.74, 6) is 3.13. The molecule has 0 bridgehead atoms. The van der Waals surface area contributed by atoms with Crippen molar-refractivity contribution >= 4 is 23.5 Å². The first-order valence-electron chi connectivity index (χ1n) is 7.04. The van der Waals surface area contributed by atoms with Crippen molar-refractivity contribution in [3.63, 3.8) is 0 Å². The van der Waals surface area contributed by atoms with Crippen molar-refractivity contribution in [2.24, 2.45) is 0 Å². The van der Waals surface area contributed by atoms with Gasteiger partial charge < -0.3 is 8.94 Å². The molecule has 0 saturated heterocycles. The zero-order valence-electron chi connectivity index (χ0n) is 12.9. The second-order valence-corrected chi connectivity index (χ2v) is 6.68. The van der Waals surface area contributed by atoms with E-state index >= 15 is 0 Å². The van der Waals surface area contributed by atoms with Gasteiger partial charge in [-0.1, -0.05) is 41.2 Å². The van der Waals surface area contributed by atoms with Crippen LogP contribution in [0.1, 0.15) is 28.7 Å². The minimum absolute atomic E-state index is 0.527. The molecule has 0 amide bonds. The van der Waals surface area contributed by atoms with Gasteiger partial charge in [0.25, 0.3) is 5.22 Å². The van der Waals surface area contributed by atoms with Gasteiger partial charge in [-0.3, -0.25) is 0 Å². The summed E-state index contributed by atoms with van der Waals surface area (Å²) in [5, 5.41) is 12.5. The number of rotatable bonds is 7. The van der Waals surface area contributed by atoms with Crippen LogP contribution < -0.4 is 0 Å². The fourth-order valence-corrected chi connectivity index (χ4v) is 2.98. The third-order valence-corrected chi connectivity index (χ3v) is 4.50. The molecule has 0 radical (unpaired) electrons. The monoisotopic (exact) mass is 348 g/mol. The van der Waals surface area contributed by atoms with Crippen LogP contribution >= 0.6 is 23.5 Å². The van der Waals surface area contributed by atoms with Crippen LogP contribution in [0.2, 0.25) is 0 Å². The second-order valence-electron chi connectivity index (χ2n) is 4.89. The third kappa shape index (κ3) is 4.35. The molecule has 23 heavy (non-hydrogen) atoms. The Morgan fingerprint density at radius 2 is 1.96 bits per heavy atom. The Kier molecular flexibility index (Phi) is 5.35. The van der Waals surface area contributed by atoms with Crippen LogP contribution in [0, 0.1) is 6.92 Å². The zero-order valence-corrected chi connectivity index (χ0v) is 14.5. The van der Waals surface area contributed by atoms with Gasteiger partial charge in [-0.05, 0) is 24.3 Å². The zero-order chi connectivity index (χ0) is 16.1. The van der Waals surface area contributed by atoms with Gasteiger partial charge in [0.1, 0.15) is 0 Å². The van der Waals surface area contributed by atoms with Crippen LogP contribution in [0.25, 0.3) is 0 Å². The summed E-state index contributed by atoms with van der Waals surface area (Å²) in [7, 11) is 0. The maximum Gasteiger partial charge on any atom is 0.277 e. The highest BCUT2D eigenvalue weighted by Crippen LogP contribution is 2.21. The highest BCUT2D eigenvalue weighted by molar-refractivity contribution is 7.98. The molecule has 0 aliphatic rings. The molecular formula is C15H16N4O2S2. The fraction of sp³-hybridized carbons (Fsp3) is 0.333. The lowest BCUT2D eigenvalue weighted by Crippen LogP contribution is -1.92. The van der Waals surface area contributed by atoms with Gasteiger partial charge >= 0.3 is 0 Å². The van der Waals surface area contributed by atoms with E-state index in [1.165, 1.54) is 22.9 Å². The molecule has 8 heteroatoms. The van der Waals surface area contributed by atoms with Gasteiger partial charge in [0.2, 0.25) is 11.8 Å². The first-order valence-corrected chi connectivity index (χ1v) is 9.42. The molecule has 6 nitrogen and oxygen atoms in total. The summed E-state index contributed by atoms with van der Waals surface area (Å²) in [4.78, 5) is 4.41. The Hall–Kier alpha value is -1.80. The maximum atomic E-state index is 5.50. The minimum Gasteiger partial charge on any atom is -0.415 e. The van der Waals surface area contributed by atoms with E-state index < -0.39 is 0 Å². The molecule has 0 aliphatic carbocycles. The normalized spacial score (nSPS) is 11.0. The summed E-state index contributed by atoms with van der Waals surface area (Å²) >= 11 is 3.05. The summed E-state index contributed by atoms with van der Waals surface area (Å²) in [6.07, 6.45) is 2.63. The Balaban J connectivity index is 1.57. The van der Waals surface area contributed by atoms with Crippen molar-refractivity contribution in [2.75, 3.05) is 6.26 Å². The van der Waals surface area contributed by atoms with Crippen LogP contribution in [0.4, 0.5) is 0 Å². The van der Waals surface area contributed by atoms with E-state index in [0.717, 1.165) is 5.75 Å². The quantitative estimate of drug-likeness (QED) is 0.600. The molecule has 3 rings (SSSR count). The number of hydrogen-bond donors (Lipinski definition) is 0. The van der Waals surface area contributed by atoms with Crippen LogP contribution in [-0.4, -0.2) is 26.6 Å². The van der Waals surface area contributed by atoms with E-state index in [4.69, 9.17) is 8.94 Å². The molecule has 2 heterocycles. The maximum absolute atomic E-state index is 5.50. The van der Waals surface area contributed by atoms with Gasteiger partial charge in [-0.2, -0.15) is 16.7 Å². The Labute approximate surface area is 142 Å². The molecule has 0 fully saturated rings. The van der Waals surface area contributed by atoms with Crippen molar-refractivity contribution < 1.29 is 8.94 Å². The number of aryl methyl sites for hydroxylation is 1. The summed E-state index contributed by atoms with van der Waals surface area (Å²) in [6.45, 7) is 2.07. The first-order chi connectivity index (χ1) is 11.2. The third-order valence-electron chi connectivity index (χ3n) is 3.15. The lowest BCUT2D eigenvalue weighted by atomic mass is 10.1. The molecule has 0 aliphatic heterocycles. The topological polar surface area (TPSA) is 77.8 Å². The van der Waals surface area contributed by atoms with Crippen molar-refractivity contribution in [3.05, 3.63) is 53.0 Å². The number of aromatic nitrogens is 4. The molecule has 0 N–H and O–H groups in total. The van der Waals surface area contributed by atoms with Gasteiger partial charge in [-0.15, -0.1) is 10.2 Å². The molecule has 1 aromatic carbocycles. The highest BCUT2D eigenvalue weighted by atomic mass is 32.2. The van der Waals surface area contributed by atoms with Crippen LogP contribution in [0.3, 0.4) is 0 Å². The lowest BCUT2D eigenvalue weighted by molar-refractivity contribution is 0.380. The first kappa shape index (κ1) is 16.1. The van der Waals surface area contributed by atoms with Crippen LogP contribution in [0.5, 0.6) is 0 Å². The summed E-state index contributed by atoms with van der Waals surface area (Å²) in [6, 6.07) is 8.17. The number of benzene rings is 1. The molecule has 0 unspecified atom stereocenters. The van der Waals surface area contributed by atoms with Gasteiger partial charge in [0, 0.05) is 0 Å². The Morgan fingerprint density at radius 1 is 1.09 bits per heavy atom. The highest BCUT2D eigenvalue weighted by Gasteiger charge is 2.11. The largest absolute Gasteiger partial charge is 0.415 e. The van der Waals surface area contributed by atoms with E-state index in [-0.39, 0.29) is 0 Å². The average molecular weight is 348 g/mol. The SMILES string of the molecule is CSCc1nnc(SCc2noc(Cc3ccccc3C)n2)o1.